The number of nitro benzene ring substituents is 1. The van der Waals surface area contributed by atoms with Gasteiger partial charge in [0.1, 0.15) is 11.4 Å². The number of aromatic hydroxyl groups is 1. The average molecular weight is 286 g/mol. The maximum absolute atomic E-state index is 11.2. The molecule has 0 saturated carbocycles. The molecule has 1 unspecified atom stereocenters. The maximum Gasteiger partial charge on any atom is 0.292 e. The number of anilines is 1. The summed E-state index contributed by atoms with van der Waals surface area (Å²) in [5.41, 5.74) is 3.05. The number of phenolic OH excluding ortho intramolecular Hbond substituents is 1. The van der Waals surface area contributed by atoms with Gasteiger partial charge in [-0.25, -0.2) is 0 Å². The van der Waals surface area contributed by atoms with E-state index in [1.165, 1.54) is 0 Å². The molecule has 0 aliphatic rings. The van der Waals surface area contributed by atoms with Gasteiger partial charge in [0, 0.05) is 11.6 Å². The molecule has 2 rings (SSSR count). The molecule has 110 valence electrons. The zero-order chi connectivity index (χ0) is 15.6. The van der Waals surface area contributed by atoms with Crippen LogP contribution in [0.4, 0.5) is 11.4 Å². The summed E-state index contributed by atoms with van der Waals surface area (Å²) < 4.78 is 0. The largest absolute Gasteiger partial charge is 0.508 e. The third-order valence-corrected chi connectivity index (χ3v) is 3.58. The minimum absolute atomic E-state index is 0.0420. The molecule has 0 aliphatic heterocycles. The zero-order valence-corrected chi connectivity index (χ0v) is 12.3. The second-order valence-corrected chi connectivity index (χ2v) is 5.14. The lowest BCUT2D eigenvalue weighted by atomic mass is 10.0. The Bertz CT molecular complexity index is 683. The van der Waals surface area contributed by atoms with Crippen molar-refractivity contribution in [1.29, 1.82) is 0 Å². The van der Waals surface area contributed by atoms with Crippen molar-refractivity contribution in [2.45, 2.75) is 26.8 Å². The lowest BCUT2D eigenvalue weighted by Crippen LogP contribution is -2.09. The molecule has 0 aromatic heterocycles. The molecule has 0 bridgehead atoms. The Hall–Kier alpha value is -2.56. The Morgan fingerprint density at radius 2 is 1.81 bits per heavy atom. The predicted octanol–water partition coefficient (Wildman–Crippen LogP) is 4.09. The first-order valence-corrected chi connectivity index (χ1v) is 6.70. The van der Waals surface area contributed by atoms with Crippen molar-refractivity contribution in [3.63, 3.8) is 0 Å². The summed E-state index contributed by atoms with van der Waals surface area (Å²) in [4.78, 5) is 10.8. The van der Waals surface area contributed by atoms with E-state index >= 15 is 0 Å². The first kappa shape index (κ1) is 14.8. The number of nitro groups is 1. The Kier molecular flexibility index (Phi) is 4.12. The lowest BCUT2D eigenvalue weighted by molar-refractivity contribution is -0.384. The van der Waals surface area contributed by atoms with Crippen molar-refractivity contribution in [3.05, 3.63) is 63.2 Å². The highest BCUT2D eigenvalue weighted by atomic mass is 16.6. The number of hydrogen-bond acceptors (Lipinski definition) is 4. The van der Waals surface area contributed by atoms with E-state index < -0.39 is 4.92 Å². The van der Waals surface area contributed by atoms with E-state index in [4.69, 9.17) is 0 Å². The first-order chi connectivity index (χ1) is 9.90. The summed E-state index contributed by atoms with van der Waals surface area (Å²) in [6.07, 6.45) is 0. The second-order valence-electron chi connectivity index (χ2n) is 5.14. The topological polar surface area (TPSA) is 75.4 Å². The van der Waals surface area contributed by atoms with E-state index in [2.05, 4.69) is 5.32 Å². The van der Waals surface area contributed by atoms with Gasteiger partial charge in [0.25, 0.3) is 5.69 Å². The Morgan fingerprint density at radius 3 is 2.43 bits per heavy atom. The molecule has 1 atom stereocenters. The Labute approximate surface area is 123 Å². The van der Waals surface area contributed by atoms with Crippen molar-refractivity contribution in [2.24, 2.45) is 0 Å². The molecule has 2 aromatic rings. The molecule has 0 radical (unpaired) electrons. The molecule has 0 heterocycles. The van der Waals surface area contributed by atoms with Crippen LogP contribution in [0, 0.1) is 24.0 Å². The van der Waals surface area contributed by atoms with Crippen LogP contribution in [0.2, 0.25) is 0 Å². The van der Waals surface area contributed by atoms with Gasteiger partial charge in [0.2, 0.25) is 0 Å². The third kappa shape index (κ3) is 3.13. The van der Waals surface area contributed by atoms with Crippen LogP contribution in [0.1, 0.15) is 29.7 Å². The van der Waals surface area contributed by atoms with E-state index in [9.17, 15) is 15.2 Å². The van der Waals surface area contributed by atoms with Crippen molar-refractivity contribution < 1.29 is 10.0 Å². The number of phenols is 1. The quantitative estimate of drug-likeness (QED) is 0.655. The van der Waals surface area contributed by atoms with Crippen LogP contribution >= 0.6 is 0 Å². The predicted molar refractivity (Wildman–Crippen MR) is 82.7 cm³/mol. The van der Waals surface area contributed by atoms with Crippen LogP contribution in [0.5, 0.6) is 5.75 Å². The molecule has 0 amide bonds. The van der Waals surface area contributed by atoms with Crippen molar-refractivity contribution in [1.82, 2.24) is 0 Å². The number of rotatable bonds is 4. The van der Waals surface area contributed by atoms with Crippen LogP contribution < -0.4 is 5.32 Å². The second kappa shape index (κ2) is 5.83. The molecule has 21 heavy (non-hydrogen) atoms. The molecular weight excluding hydrogens is 268 g/mol. The fourth-order valence-electron chi connectivity index (χ4n) is 2.23. The van der Waals surface area contributed by atoms with Crippen molar-refractivity contribution in [2.75, 3.05) is 5.32 Å². The van der Waals surface area contributed by atoms with Gasteiger partial charge in [0.05, 0.1) is 11.0 Å². The summed E-state index contributed by atoms with van der Waals surface area (Å²) in [5, 5.41) is 24.2. The van der Waals surface area contributed by atoms with Gasteiger partial charge in [-0.3, -0.25) is 10.1 Å². The van der Waals surface area contributed by atoms with Crippen molar-refractivity contribution >= 4 is 11.4 Å². The molecule has 0 saturated heterocycles. The number of nitrogens with zero attached hydrogens (tertiary/aromatic N) is 1. The Balaban J connectivity index is 2.37. The fraction of sp³-hybridized carbons (Fsp3) is 0.250. The van der Waals surface area contributed by atoms with Gasteiger partial charge in [-0.2, -0.15) is 0 Å². The van der Waals surface area contributed by atoms with Gasteiger partial charge in [-0.15, -0.1) is 0 Å². The fourth-order valence-corrected chi connectivity index (χ4v) is 2.23. The minimum atomic E-state index is -0.396. The molecule has 5 nitrogen and oxygen atoms in total. The summed E-state index contributed by atoms with van der Waals surface area (Å²) in [5.74, 6) is 0.170. The van der Waals surface area contributed by atoms with Gasteiger partial charge in [-0.05, 0) is 44.0 Å². The van der Waals surface area contributed by atoms with Gasteiger partial charge in [0.15, 0.2) is 0 Å². The standard InChI is InChI=1S/C16H18N2O3/c1-10-8-14(15(18(20)21)9-11(10)2)17-12(3)13-6-4-5-7-16(13)19/h4-9,12,17,19H,1-3H3. The number of hydrogen-bond donors (Lipinski definition) is 2. The summed E-state index contributed by atoms with van der Waals surface area (Å²) in [6.45, 7) is 5.61. The number of nitrogens with one attached hydrogen (secondary N) is 1. The van der Waals surface area contributed by atoms with Crippen LogP contribution in [-0.2, 0) is 0 Å². The van der Waals surface area contributed by atoms with Crippen LogP contribution in [0.3, 0.4) is 0 Å². The van der Waals surface area contributed by atoms with Crippen LogP contribution in [-0.4, -0.2) is 10.0 Å². The van der Waals surface area contributed by atoms with Crippen LogP contribution in [0.25, 0.3) is 0 Å². The van der Waals surface area contributed by atoms with E-state index in [1.807, 2.05) is 26.8 Å². The highest BCUT2D eigenvalue weighted by molar-refractivity contribution is 5.65. The minimum Gasteiger partial charge on any atom is -0.508 e. The van der Waals surface area contributed by atoms with Crippen LogP contribution in [0.15, 0.2) is 36.4 Å². The molecule has 0 fully saturated rings. The monoisotopic (exact) mass is 286 g/mol. The maximum atomic E-state index is 11.2. The third-order valence-electron chi connectivity index (χ3n) is 3.58. The number of para-hydroxylation sites is 1. The van der Waals surface area contributed by atoms with E-state index in [0.29, 0.717) is 11.3 Å². The Morgan fingerprint density at radius 1 is 1.19 bits per heavy atom. The zero-order valence-electron chi connectivity index (χ0n) is 12.3. The number of benzene rings is 2. The highest BCUT2D eigenvalue weighted by Crippen LogP contribution is 2.32. The van der Waals surface area contributed by atoms with Crippen molar-refractivity contribution in [3.8, 4) is 5.75 Å². The smallest absolute Gasteiger partial charge is 0.292 e. The summed E-state index contributed by atoms with van der Waals surface area (Å²) >= 11 is 0. The van der Waals surface area contributed by atoms with E-state index in [0.717, 1.165) is 11.1 Å². The SMILES string of the molecule is Cc1cc(NC(C)c2ccccc2O)c([N+](=O)[O-])cc1C. The van der Waals surface area contributed by atoms with Gasteiger partial charge >= 0.3 is 0 Å². The first-order valence-electron chi connectivity index (χ1n) is 6.70. The molecule has 0 spiro atoms. The molecule has 2 N–H and O–H groups in total. The average Bonchev–Trinajstić information content (AvgIpc) is 2.42. The van der Waals surface area contributed by atoms with Gasteiger partial charge in [-0.1, -0.05) is 18.2 Å². The molecular formula is C16H18N2O3. The number of aryl methyl sites for hydroxylation is 2. The molecule has 5 heteroatoms. The normalized spacial score (nSPS) is 12.0. The highest BCUT2D eigenvalue weighted by Gasteiger charge is 2.18. The molecule has 0 aliphatic carbocycles. The summed E-state index contributed by atoms with van der Waals surface area (Å²) in [7, 11) is 0. The summed E-state index contributed by atoms with van der Waals surface area (Å²) in [6, 6.07) is 10.0. The lowest BCUT2D eigenvalue weighted by Gasteiger charge is -2.17. The molecule has 2 aromatic carbocycles. The van der Waals surface area contributed by atoms with Gasteiger partial charge < -0.3 is 10.4 Å². The van der Waals surface area contributed by atoms with E-state index in [1.54, 1.807) is 30.3 Å². The van der Waals surface area contributed by atoms with E-state index in [-0.39, 0.29) is 17.5 Å².